The van der Waals surface area contributed by atoms with Crippen molar-refractivity contribution < 1.29 is 4.74 Å². The van der Waals surface area contributed by atoms with Gasteiger partial charge in [-0.3, -0.25) is 0 Å². The molecule has 0 radical (unpaired) electrons. The molecule has 1 aromatic rings. The highest BCUT2D eigenvalue weighted by Gasteiger charge is 2.12. The smallest absolute Gasteiger partial charge is 0.122 e. The van der Waals surface area contributed by atoms with Crippen LogP contribution in [0.15, 0.2) is 18.2 Å². The Morgan fingerprint density at radius 3 is 3.21 bits per heavy atom. The van der Waals surface area contributed by atoms with E-state index in [1.54, 1.807) is 0 Å². The minimum atomic E-state index is 0.416. The van der Waals surface area contributed by atoms with Gasteiger partial charge < -0.3 is 9.64 Å². The van der Waals surface area contributed by atoms with Crippen LogP contribution in [0.2, 0.25) is 0 Å². The Bertz CT molecular complexity index is 381. The number of nitriles is 1. The van der Waals surface area contributed by atoms with Gasteiger partial charge in [0, 0.05) is 19.2 Å². The zero-order valence-corrected chi connectivity index (χ0v) is 8.16. The van der Waals surface area contributed by atoms with E-state index in [2.05, 4.69) is 12.1 Å². The third-order valence-corrected chi connectivity index (χ3v) is 2.42. The summed E-state index contributed by atoms with van der Waals surface area (Å²) >= 11 is 0. The lowest BCUT2D eigenvalue weighted by Crippen LogP contribution is -2.16. The van der Waals surface area contributed by atoms with Gasteiger partial charge >= 0.3 is 0 Å². The van der Waals surface area contributed by atoms with Gasteiger partial charge in [0.25, 0.3) is 0 Å². The van der Waals surface area contributed by atoms with Gasteiger partial charge in [-0.05, 0) is 23.8 Å². The molecular formula is C11H12N2O. The molecule has 72 valence electrons. The van der Waals surface area contributed by atoms with Crippen molar-refractivity contribution in [1.29, 1.82) is 5.26 Å². The molecule has 14 heavy (non-hydrogen) atoms. The van der Waals surface area contributed by atoms with E-state index in [1.807, 2.05) is 24.1 Å². The fourth-order valence-electron chi connectivity index (χ4n) is 1.61. The van der Waals surface area contributed by atoms with Crippen LogP contribution in [0.5, 0.6) is 5.75 Å². The Hall–Kier alpha value is -1.69. The molecule has 0 fully saturated rings. The summed E-state index contributed by atoms with van der Waals surface area (Å²) in [6.07, 6.45) is 0.976. The highest BCUT2D eigenvalue weighted by molar-refractivity contribution is 5.54. The van der Waals surface area contributed by atoms with Crippen LogP contribution < -0.4 is 9.64 Å². The molecule has 0 atom stereocenters. The van der Waals surface area contributed by atoms with Crippen LogP contribution in [0.4, 0.5) is 5.69 Å². The average Bonchev–Trinajstić information content (AvgIpc) is 2.64. The number of hydrogen-bond donors (Lipinski definition) is 0. The van der Waals surface area contributed by atoms with Crippen LogP contribution in [0.3, 0.4) is 0 Å². The number of benzene rings is 1. The summed E-state index contributed by atoms with van der Waals surface area (Å²) in [4.78, 5) is 1.93. The third-order valence-electron chi connectivity index (χ3n) is 2.42. The van der Waals surface area contributed by atoms with Gasteiger partial charge in [-0.2, -0.15) is 5.26 Å². The van der Waals surface area contributed by atoms with Crippen molar-refractivity contribution in [2.45, 2.75) is 6.42 Å². The summed E-state index contributed by atoms with van der Waals surface area (Å²) in [5, 5.41) is 8.58. The quantitative estimate of drug-likeness (QED) is 0.661. The molecule has 0 bridgehead atoms. The molecule has 3 heteroatoms. The van der Waals surface area contributed by atoms with Crippen molar-refractivity contribution in [3.05, 3.63) is 23.8 Å². The topological polar surface area (TPSA) is 36.3 Å². The number of fused-ring (bicyclic) bond motifs is 1. The van der Waals surface area contributed by atoms with Crippen molar-refractivity contribution >= 4 is 5.69 Å². The van der Waals surface area contributed by atoms with Gasteiger partial charge in [0.1, 0.15) is 12.3 Å². The Morgan fingerprint density at radius 2 is 2.43 bits per heavy atom. The maximum absolute atomic E-state index is 8.58. The zero-order valence-electron chi connectivity index (χ0n) is 8.16. The molecule has 3 nitrogen and oxygen atoms in total. The Balaban J connectivity index is 2.25. The molecule has 1 aromatic carbocycles. The van der Waals surface area contributed by atoms with E-state index in [9.17, 15) is 0 Å². The predicted molar refractivity (Wildman–Crippen MR) is 54.5 cm³/mol. The van der Waals surface area contributed by atoms with Crippen LogP contribution in [0.1, 0.15) is 5.56 Å². The molecule has 2 rings (SSSR count). The lowest BCUT2D eigenvalue weighted by Gasteiger charge is -2.15. The standard InChI is InChI=1S/C11H12N2O/c1-13(6-5-12)10-2-3-11-9(8-10)4-7-14-11/h2-3,8H,4,6-7H2,1H3. The van der Waals surface area contributed by atoms with E-state index in [-0.39, 0.29) is 0 Å². The Labute approximate surface area is 83.5 Å². The number of hydrogen-bond acceptors (Lipinski definition) is 3. The first-order valence-corrected chi connectivity index (χ1v) is 4.65. The number of anilines is 1. The molecule has 0 saturated carbocycles. The summed E-state index contributed by atoms with van der Waals surface area (Å²) in [6.45, 7) is 1.19. The Morgan fingerprint density at radius 1 is 1.57 bits per heavy atom. The largest absolute Gasteiger partial charge is 0.493 e. The fraction of sp³-hybridized carbons (Fsp3) is 0.364. The van der Waals surface area contributed by atoms with Gasteiger partial charge in [-0.25, -0.2) is 0 Å². The van der Waals surface area contributed by atoms with E-state index >= 15 is 0 Å². The van der Waals surface area contributed by atoms with Crippen molar-refractivity contribution in [2.24, 2.45) is 0 Å². The van der Waals surface area contributed by atoms with Crippen LogP contribution >= 0.6 is 0 Å². The van der Waals surface area contributed by atoms with E-state index in [0.717, 1.165) is 24.5 Å². The van der Waals surface area contributed by atoms with Crippen LogP contribution in [0.25, 0.3) is 0 Å². The fourth-order valence-corrected chi connectivity index (χ4v) is 1.61. The average molecular weight is 188 g/mol. The van der Waals surface area contributed by atoms with Crippen LogP contribution in [0, 0.1) is 11.3 Å². The molecule has 0 spiro atoms. The number of rotatable bonds is 2. The molecule has 0 aliphatic carbocycles. The summed E-state index contributed by atoms with van der Waals surface area (Å²) < 4.78 is 5.41. The molecular weight excluding hydrogens is 176 g/mol. The normalized spacial score (nSPS) is 12.9. The summed E-state index contributed by atoms with van der Waals surface area (Å²) in [7, 11) is 1.92. The molecule has 0 N–H and O–H groups in total. The predicted octanol–water partition coefficient (Wildman–Crippen LogP) is 1.58. The second-order valence-corrected chi connectivity index (χ2v) is 3.40. The SMILES string of the molecule is CN(CC#N)c1ccc2c(c1)CCO2. The Kier molecular flexibility index (Phi) is 2.28. The van der Waals surface area contributed by atoms with Crippen molar-refractivity contribution in [1.82, 2.24) is 0 Å². The molecule has 0 amide bonds. The molecule has 1 heterocycles. The first-order valence-electron chi connectivity index (χ1n) is 4.65. The molecule has 1 aliphatic heterocycles. The monoisotopic (exact) mass is 188 g/mol. The highest BCUT2D eigenvalue weighted by Crippen LogP contribution is 2.28. The van der Waals surface area contributed by atoms with Crippen molar-refractivity contribution in [3.63, 3.8) is 0 Å². The minimum absolute atomic E-state index is 0.416. The van der Waals surface area contributed by atoms with E-state index in [1.165, 1.54) is 5.56 Å². The molecule has 0 saturated heterocycles. The summed E-state index contributed by atoms with van der Waals surface area (Å²) in [5.41, 5.74) is 2.32. The van der Waals surface area contributed by atoms with Gasteiger partial charge in [-0.15, -0.1) is 0 Å². The summed E-state index contributed by atoms with van der Waals surface area (Å²) in [5.74, 6) is 0.985. The maximum atomic E-state index is 8.58. The van der Waals surface area contributed by atoms with E-state index in [4.69, 9.17) is 10.00 Å². The maximum Gasteiger partial charge on any atom is 0.122 e. The van der Waals surface area contributed by atoms with Gasteiger partial charge in [0.05, 0.1) is 12.7 Å². The van der Waals surface area contributed by atoms with Gasteiger partial charge in [0.15, 0.2) is 0 Å². The van der Waals surface area contributed by atoms with Crippen molar-refractivity contribution in [3.8, 4) is 11.8 Å². The van der Waals surface area contributed by atoms with Gasteiger partial charge in [0.2, 0.25) is 0 Å². The van der Waals surface area contributed by atoms with Crippen LogP contribution in [-0.4, -0.2) is 20.2 Å². The van der Waals surface area contributed by atoms with E-state index in [0.29, 0.717) is 6.54 Å². The highest BCUT2D eigenvalue weighted by atomic mass is 16.5. The third kappa shape index (κ3) is 1.51. The second-order valence-electron chi connectivity index (χ2n) is 3.40. The van der Waals surface area contributed by atoms with Gasteiger partial charge in [-0.1, -0.05) is 0 Å². The minimum Gasteiger partial charge on any atom is -0.493 e. The first-order chi connectivity index (χ1) is 6.81. The zero-order chi connectivity index (χ0) is 9.97. The lowest BCUT2D eigenvalue weighted by molar-refractivity contribution is 0.357. The number of nitrogens with zero attached hydrogens (tertiary/aromatic N) is 2. The molecule has 0 aromatic heterocycles. The molecule has 1 aliphatic rings. The number of ether oxygens (including phenoxy) is 1. The van der Waals surface area contributed by atoms with Crippen molar-refractivity contribution in [2.75, 3.05) is 25.1 Å². The molecule has 0 unspecified atom stereocenters. The summed E-state index contributed by atoms with van der Waals surface area (Å²) in [6, 6.07) is 8.19. The second kappa shape index (κ2) is 3.59. The van der Waals surface area contributed by atoms with Crippen LogP contribution in [-0.2, 0) is 6.42 Å². The van der Waals surface area contributed by atoms with E-state index < -0.39 is 0 Å². The lowest BCUT2D eigenvalue weighted by atomic mass is 10.1. The first kappa shape index (κ1) is 8.89.